The van der Waals surface area contributed by atoms with E-state index in [4.69, 9.17) is 16.3 Å². The fourth-order valence-corrected chi connectivity index (χ4v) is 4.98. The topological polar surface area (TPSA) is 75.6 Å². The second-order valence-corrected chi connectivity index (χ2v) is 8.93. The zero-order valence-corrected chi connectivity index (χ0v) is 18.0. The third-order valence-electron chi connectivity index (χ3n) is 5.40. The van der Waals surface area contributed by atoms with Crippen molar-refractivity contribution in [2.24, 2.45) is 0 Å². The van der Waals surface area contributed by atoms with Crippen LogP contribution in [0.25, 0.3) is 0 Å². The van der Waals surface area contributed by atoms with Gasteiger partial charge in [-0.1, -0.05) is 37.0 Å². The highest BCUT2D eigenvalue weighted by Gasteiger charge is 2.37. The highest BCUT2D eigenvalue weighted by Crippen LogP contribution is 2.37. The van der Waals surface area contributed by atoms with E-state index >= 15 is 0 Å². The van der Waals surface area contributed by atoms with E-state index in [2.05, 4.69) is 10.2 Å². The minimum atomic E-state index is -0.614. The van der Waals surface area contributed by atoms with Gasteiger partial charge in [0.15, 0.2) is 6.23 Å². The lowest BCUT2D eigenvalue weighted by atomic mass is 9.90. The van der Waals surface area contributed by atoms with Crippen LogP contribution in [-0.4, -0.2) is 52.8 Å². The van der Waals surface area contributed by atoms with Crippen LogP contribution in [0.4, 0.5) is 9.93 Å². The second kappa shape index (κ2) is 10.4. The molecule has 2 amide bonds. The standard InChI is InChI=1S/C19H29ClN4O3S/c1-23-13-11-15(27-16(25)10-6-3-7-12-20)24(19(23)26)18-22-21-17(28-18)14-8-4-2-5-9-14/h14-15H,2-13H2,1H3. The average molecular weight is 429 g/mol. The molecule has 1 aliphatic carbocycles. The smallest absolute Gasteiger partial charge is 0.329 e. The largest absolute Gasteiger partial charge is 0.441 e. The minimum Gasteiger partial charge on any atom is -0.441 e. The van der Waals surface area contributed by atoms with E-state index in [1.54, 1.807) is 11.9 Å². The van der Waals surface area contributed by atoms with E-state index in [0.717, 1.165) is 37.1 Å². The minimum absolute atomic E-state index is 0.197. The number of nitrogens with zero attached hydrogens (tertiary/aromatic N) is 4. The fraction of sp³-hybridized carbons (Fsp3) is 0.789. The Kier molecular flexibility index (Phi) is 7.91. The van der Waals surface area contributed by atoms with Crippen molar-refractivity contribution in [2.45, 2.75) is 76.4 Å². The third-order valence-corrected chi connectivity index (χ3v) is 6.76. The van der Waals surface area contributed by atoms with Crippen molar-refractivity contribution in [3.63, 3.8) is 0 Å². The molecule has 28 heavy (non-hydrogen) atoms. The molecule has 1 aromatic rings. The van der Waals surface area contributed by atoms with Crippen LogP contribution in [0.3, 0.4) is 0 Å². The predicted molar refractivity (Wildman–Crippen MR) is 110 cm³/mol. The molecule has 1 atom stereocenters. The molecule has 0 radical (unpaired) electrons. The van der Waals surface area contributed by atoms with Crippen molar-refractivity contribution in [1.82, 2.24) is 15.1 Å². The van der Waals surface area contributed by atoms with Gasteiger partial charge in [0.05, 0.1) is 0 Å². The van der Waals surface area contributed by atoms with E-state index in [-0.39, 0.29) is 12.0 Å². The number of urea groups is 1. The number of aromatic nitrogens is 2. The maximum absolute atomic E-state index is 12.8. The average Bonchev–Trinajstić information content (AvgIpc) is 3.19. The van der Waals surface area contributed by atoms with Gasteiger partial charge in [0, 0.05) is 38.2 Å². The molecule has 0 bridgehead atoms. The number of hydrogen-bond acceptors (Lipinski definition) is 6. The normalized spacial score (nSPS) is 21.2. The van der Waals surface area contributed by atoms with E-state index in [1.807, 2.05) is 0 Å². The molecular formula is C19H29ClN4O3S. The Bertz CT molecular complexity index is 665. The van der Waals surface area contributed by atoms with Crippen LogP contribution < -0.4 is 4.90 Å². The van der Waals surface area contributed by atoms with Crippen LogP contribution in [0.1, 0.15) is 75.1 Å². The van der Waals surface area contributed by atoms with Crippen LogP contribution in [0, 0.1) is 0 Å². The molecular weight excluding hydrogens is 400 g/mol. The number of anilines is 1. The molecule has 1 saturated heterocycles. The number of rotatable bonds is 8. The predicted octanol–water partition coefficient (Wildman–Crippen LogP) is 4.52. The van der Waals surface area contributed by atoms with Crippen LogP contribution >= 0.6 is 22.9 Å². The first-order chi connectivity index (χ1) is 13.6. The summed E-state index contributed by atoms with van der Waals surface area (Å²) in [5.74, 6) is 0.756. The number of halogens is 1. The molecule has 0 N–H and O–H groups in total. The Labute approximate surface area is 175 Å². The lowest BCUT2D eigenvalue weighted by Crippen LogP contribution is -2.54. The van der Waals surface area contributed by atoms with Crippen molar-refractivity contribution in [2.75, 3.05) is 24.4 Å². The number of ether oxygens (including phenoxy) is 1. The summed E-state index contributed by atoms with van der Waals surface area (Å²) in [5.41, 5.74) is 0. The Hall–Kier alpha value is -1.41. The molecule has 7 nitrogen and oxygen atoms in total. The van der Waals surface area contributed by atoms with Gasteiger partial charge in [-0.2, -0.15) is 0 Å². The molecule has 0 spiro atoms. The number of amides is 2. The maximum atomic E-state index is 12.8. The van der Waals surface area contributed by atoms with Crippen LogP contribution in [0.5, 0.6) is 0 Å². The lowest BCUT2D eigenvalue weighted by Gasteiger charge is -2.37. The number of unbranched alkanes of at least 4 members (excludes halogenated alkanes) is 2. The summed E-state index contributed by atoms with van der Waals surface area (Å²) in [6.45, 7) is 0.549. The van der Waals surface area contributed by atoms with Crippen LogP contribution in [0.15, 0.2) is 0 Å². The zero-order valence-electron chi connectivity index (χ0n) is 16.4. The molecule has 1 unspecified atom stereocenters. The van der Waals surface area contributed by atoms with Gasteiger partial charge in [-0.05, 0) is 25.7 Å². The SMILES string of the molecule is CN1CCC(OC(=O)CCCCCCl)N(c2nnc(C3CCCCC3)s2)C1=O. The van der Waals surface area contributed by atoms with Crippen molar-refractivity contribution in [3.8, 4) is 0 Å². The Morgan fingerprint density at radius 3 is 2.71 bits per heavy atom. The molecule has 9 heteroatoms. The molecule has 0 aromatic carbocycles. The molecule has 3 rings (SSSR count). The number of hydrogen-bond donors (Lipinski definition) is 0. The molecule has 1 aromatic heterocycles. The van der Waals surface area contributed by atoms with Gasteiger partial charge < -0.3 is 9.64 Å². The highest BCUT2D eigenvalue weighted by molar-refractivity contribution is 7.15. The van der Waals surface area contributed by atoms with Gasteiger partial charge in [0.1, 0.15) is 5.01 Å². The van der Waals surface area contributed by atoms with Crippen molar-refractivity contribution >= 4 is 40.1 Å². The third kappa shape index (κ3) is 5.35. The number of alkyl halides is 1. The summed E-state index contributed by atoms with van der Waals surface area (Å²) in [4.78, 5) is 28.2. The summed E-state index contributed by atoms with van der Waals surface area (Å²) >= 11 is 7.13. The van der Waals surface area contributed by atoms with Crippen LogP contribution in [-0.2, 0) is 9.53 Å². The van der Waals surface area contributed by atoms with Gasteiger partial charge >= 0.3 is 12.0 Å². The van der Waals surface area contributed by atoms with Gasteiger partial charge in [-0.25, -0.2) is 9.69 Å². The molecule has 2 heterocycles. The quantitative estimate of drug-likeness (QED) is 0.345. The number of carbonyl (C=O) groups is 2. The van der Waals surface area contributed by atoms with Crippen molar-refractivity contribution in [1.29, 1.82) is 0 Å². The summed E-state index contributed by atoms with van der Waals surface area (Å²) in [7, 11) is 1.75. The van der Waals surface area contributed by atoms with Gasteiger partial charge in [-0.3, -0.25) is 4.79 Å². The Balaban J connectivity index is 1.67. The molecule has 1 aliphatic heterocycles. The van der Waals surface area contributed by atoms with Gasteiger partial charge in [-0.15, -0.1) is 21.8 Å². The van der Waals surface area contributed by atoms with E-state index in [0.29, 0.717) is 36.3 Å². The molecule has 1 saturated carbocycles. The molecule has 2 aliphatic rings. The van der Waals surface area contributed by atoms with E-state index in [9.17, 15) is 9.59 Å². The highest BCUT2D eigenvalue weighted by atomic mass is 35.5. The second-order valence-electron chi connectivity index (χ2n) is 7.56. The first-order valence-corrected chi connectivity index (χ1v) is 11.6. The van der Waals surface area contributed by atoms with Gasteiger partial charge in [0.25, 0.3) is 0 Å². The summed E-state index contributed by atoms with van der Waals surface area (Å²) < 4.78 is 5.66. The first-order valence-electron chi connectivity index (χ1n) is 10.2. The van der Waals surface area contributed by atoms with Gasteiger partial charge in [0.2, 0.25) is 5.13 Å². The summed E-state index contributed by atoms with van der Waals surface area (Å²) in [6.07, 6.45) is 8.80. The molecule has 156 valence electrons. The maximum Gasteiger partial charge on any atom is 0.329 e. The molecule has 2 fully saturated rings. The lowest BCUT2D eigenvalue weighted by molar-refractivity contribution is -0.149. The van der Waals surface area contributed by atoms with Crippen LogP contribution in [0.2, 0.25) is 0 Å². The Morgan fingerprint density at radius 2 is 1.96 bits per heavy atom. The summed E-state index contributed by atoms with van der Waals surface area (Å²) in [5, 5.41) is 10.2. The monoisotopic (exact) mass is 428 g/mol. The number of carbonyl (C=O) groups excluding carboxylic acids is 2. The zero-order chi connectivity index (χ0) is 19.9. The fourth-order valence-electron chi connectivity index (χ4n) is 3.74. The van der Waals surface area contributed by atoms with E-state index in [1.165, 1.54) is 35.5 Å². The van der Waals surface area contributed by atoms with Crippen molar-refractivity contribution in [3.05, 3.63) is 5.01 Å². The Morgan fingerprint density at radius 1 is 1.18 bits per heavy atom. The summed E-state index contributed by atoms with van der Waals surface area (Å²) in [6, 6.07) is -0.197. The first kappa shape index (κ1) is 21.3. The van der Waals surface area contributed by atoms with Crippen molar-refractivity contribution < 1.29 is 14.3 Å². The number of esters is 1. The van der Waals surface area contributed by atoms with E-state index < -0.39 is 6.23 Å².